The van der Waals surface area contributed by atoms with E-state index in [1.165, 1.54) is 32.1 Å². The second-order valence-electron chi connectivity index (χ2n) is 16.2. The predicted octanol–water partition coefficient (Wildman–Crippen LogP) is 9.83. The Morgan fingerprint density at radius 3 is 1.32 bits per heavy atom. The van der Waals surface area contributed by atoms with Gasteiger partial charge in [0.1, 0.15) is 43.2 Å². The number of unbranched alkanes of at least 4 members (excludes halogenated alkanes) is 10. The van der Waals surface area contributed by atoms with Crippen molar-refractivity contribution in [3.63, 3.8) is 0 Å². The van der Waals surface area contributed by atoms with Crippen LogP contribution in [-0.2, 0) is 32.7 Å². The molecule has 1 aliphatic rings. The van der Waals surface area contributed by atoms with Gasteiger partial charge in [0, 0.05) is 12.8 Å². The molecular formula is C51H83O13P. The summed E-state index contributed by atoms with van der Waals surface area (Å²) in [4.78, 5) is 35.7. The van der Waals surface area contributed by atoms with Gasteiger partial charge in [-0.3, -0.25) is 18.6 Å². The van der Waals surface area contributed by atoms with E-state index in [-0.39, 0.29) is 12.8 Å². The number of aliphatic hydroxyl groups excluding tert-OH is 5. The smallest absolute Gasteiger partial charge is 0.462 e. The molecule has 0 aromatic carbocycles. The van der Waals surface area contributed by atoms with Crippen LogP contribution in [0.2, 0.25) is 0 Å². The van der Waals surface area contributed by atoms with Crippen molar-refractivity contribution in [3.05, 3.63) is 97.2 Å². The Balaban J connectivity index is 2.44. The molecule has 0 amide bonds. The van der Waals surface area contributed by atoms with Crippen molar-refractivity contribution in [1.29, 1.82) is 0 Å². The van der Waals surface area contributed by atoms with Gasteiger partial charge in [-0.1, -0.05) is 162 Å². The lowest BCUT2D eigenvalue weighted by atomic mass is 9.85. The summed E-state index contributed by atoms with van der Waals surface area (Å²) in [5.41, 5.74) is 0. The topological polar surface area (TPSA) is 210 Å². The van der Waals surface area contributed by atoms with Crippen LogP contribution in [0.4, 0.5) is 0 Å². The molecule has 0 aromatic rings. The minimum atomic E-state index is -5.14. The number of ether oxygens (including phenoxy) is 2. The molecule has 0 heterocycles. The van der Waals surface area contributed by atoms with Crippen LogP contribution in [0.1, 0.15) is 155 Å². The fraction of sp³-hybridized carbons (Fsp3) is 0.647. The Bertz CT molecular complexity index is 1500. The zero-order valence-electron chi connectivity index (χ0n) is 39.2. The Labute approximate surface area is 390 Å². The molecule has 0 radical (unpaired) electrons. The van der Waals surface area contributed by atoms with Gasteiger partial charge in [-0.2, -0.15) is 0 Å². The van der Waals surface area contributed by atoms with Gasteiger partial charge in [-0.25, -0.2) is 4.57 Å². The van der Waals surface area contributed by atoms with Crippen LogP contribution >= 0.6 is 7.82 Å². The lowest BCUT2D eigenvalue weighted by Crippen LogP contribution is -2.64. The Kier molecular flexibility index (Phi) is 36.7. The summed E-state index contributed by atoms with van der Waals surface area (Å²) in [6.45, 7) is 2.99. The van der Waals surface area contributed by atoms with Crippen molar-refractivity contribution in [2.75, 3.05) is 13.2 Å². The van der Waals surface area contributed by atoms with Gasteiger partial charge in [-0.15, -0.1) is 0 Å². The fourth-order valence-electron chi connectivity index (χ4n) is 6.64. The summed E-state index contributed by atoms with van der Waals surface area (Å²) in [5, 5.41) is 50.2. The monoisotopic (exact) mass is 935 g/mol. The molecule has 65 heavy (non-hydrogen) atoms. The Hall–Kier alpha value is -3.23. The molecule has 0 spiro atoms. The molecule has 370 valence electrons. The fourth-order valence-corrected chi connectivity index (χ4v) is 7.62. The molecule has 0 aromatic heterocycles. The molecule has 1 rings (SSSR count). The van der Waals surface area contributed by atoms with E-state index in [2.05, 4.69) is 92.8 Å². The van der Waals surface area contributed by atoms with Gasteiger partial charge in [-0.05, 0) is 77.0 Å². The summed E-state index contributed by atoms with van der Waals surface area (Å²) in [6.07, 6.45) is 40.5. The highest BCUT2D eigenvalue weighted by Gasteiger charge is 2.51. The molecule has 0 bridgehead atoms. The highest BCUT2D eigenvalue weighted by Crippen LogP contribution is 2.47. The van der Waals surface area contributed by atoms with Gasteiger partial charge >= 0.3 is 19.8 Å². The van der Waals surface area contributed by atoms with E-state index in [9.17, 15) is 44.6 Å². The lowest BCUT2D eigenvalue weighted by molar-refractivity contribution is -0.220. The number of aliphatic hydroxyl groups is 5. The summed E-state index contributed by atoms with van der Waals surface area (Å²) in [6, 6.07) is 0. The van der Waals surface area contributed by atoms with E-state index in [0.29, 0.717) is 19.3 Å². The zero-order chi connectivity index (χ0) is 47.8. The van der Waals surface area contributed by atoms with Crippen LogP contribution in [-0.4, -0.2) is 98.3 Å². The van der Waals surface area contributed by atoms with Crippen molar-refractivity contribution in [1.82, 2.24) is 0 Å². The Morgan fingerprint density at radius 1 is 0.477 bits per heavy atom. The van der Waals surface area contributed by atoms with Crippen molar-refractivity contribution in [2.24, 2.45) is 0 Å². The standard InChI is InChI=1S/C51H83O13P/c1-3-5-7-9-11-13-15-17-18-19-20-21-22-23-24-25-26-28-30-32-34-36-38-40-45(53)63-43(42-62-65(59,60)64-51-49(57)47(55)46(54)48(56)50(51)58)41-61-44(52)39-37-35-33-31-29-27-16-14-12-10-8-6-4-2/h5-8,11-14,17-18,20-21,27,29,33,35,43,46-51,54-58H,3-4,9-10,15-16,19,22-26,28,30-32,34,36-42H2,1-2H3,(H,59,60)/b7-5-,8-6-,13-11-,14-12-,18-17-,21-20-,29-27-,35-33-. The normalized spacial score (nSPS) is 22.3. The third kappa shape index (κ3) is 32.2. The number of rotatable bonds is 38. The molecule has 1 fully saturated rings. The van der Waals surface area contributed by atoms with Gasteiger partial charge in [0.25, 0.3) is 0 Å². The van der Waals surface area contributed by atoms with Crippen LogP contribution in [0.5, 0.6) is 0 Å². The highest BCUT2D eigenvalue weighted by molar-refractivity contribution is 7.47. The minimum absolute atomic E-state index is 0.0397. The van der Waals surface area contributed by atoms with Crippen molar-refractivity contribution in [2.45, 2.75) is 198 Å². The van der Waals surface area contributed by atoms with Crippen molar-refractivity contribution < 1.29 is 63.1 Å². The molecule has 14 heteroatoms. The summed E-state index contributed by atoms with van der Waals surface area (Å²) < 4.78 is 33.5. The third-order valence-electron chi connectivity index (χ3n) is 10.4. The van der Waals surface area contributed by atoms with Crippen LogP contribution in [0, 0.1) is 0 Å². The maximum absolute atomic E-state index is 12.8. The number of allylic oxidation sites excluding steroid dienone is 16. The molecule has 13 nitrogen and oxygen atoms in total. The maximum Gasteiger partial charge on any atom is 0.472 e. The van der Waals surface area contributed by atoms with E-state index in [0.717, 1.165) is 77.0 Å². The zero-order valence-corrected chi connectivity index (χ0v) is 40.1. The van der Waals surface area contributed by atoms with E-state index >= 15 is 0 Å². The number of phosphoric acid groups is 1. The largest absolute Gasteiger partial charge is 0.472 e. The third-order valence-corrected chi connectivity index (χ3v) is 11.4. The molecule has 0 aliphatic heterocycles. The van der Waals surface area contributed by atoms with Crippen LogP contribution in [0.15, 0.2) is 97.2 Å². The molecule has 6 N–H and O–H groups in total. The first kappa shape index (κ1) is 59.8. The van der Waals surface area contributed by atoms with Gasteiger partial charge < -0.3 is 39.9 Å². The number of carbonyl (C=O) groups is 2. The average molecular weight is 935 g/mol. The molecular weight excluding hydrogens is 852 g/mol. The van der Waals surface area contributed by atoms with Gasteiger partial charge in [0.2, 0.25) is 0 Å². The average Bonchev–Trinajstić information content (AvgIpc) is 3.29. The molecule has 1 saturated carbocycles. The van der Waals surface area contributed by atoms with Gasteiger partial charge in [0.05, 0.1) is 6.61 Å². The summed E-state index contributed by atoms with van der Waals surface area (Å²) >= 11 is 0. The first-order valence-electron chi connectivity index (χ1n) is 24.0. The number of hydrogen-bond acceptors (Lipinski definition) is 12. The second-order valence-corrected chi connectivity index (χ2v) is 17.6. The molecule has 1 aliphatic carbocycles. The second kappa shape index (κ2) is 39.9. The quantitative estimate of drug-likeness (QED) is 0.0148. The number of carbonyl (C=O) groups excluding carboxylic acids is 2. The molecule has 6 atom stereocenters. The summed E-state index contributed by atoms with van der Waals surface area (Å²) in [5.74, 6) is -1.21. The number of esters is 2. The molecule has 0 saturated heterocycles. The van der Waals surface area contributed by atoms with Crippen LogP contribution in [0.25, 0.3) is 0 Å². The summed E-state index contributed by atoms with van der Waals surface area (Å²) in [7, 11) is -5.14. The van der Waals surface area contributed by atoms with E-state index in [1.54, 1.807) is 0 Å². The lowest BCUT2D eigenvalue weighted by Gasteiger charge is -2.41. The predicted molar refractivity (Wildman–Crippen MR) is 258 cm³/mol. The van der Waals surface area contributed by atoms with Crippen molar-refractivity contribution in [3.8, 4) is 0 Å². The van der Waals surface area contributed by atoms with E-state index in [1.807, 2.05) is 18.2 Å². The minimum Gasteiger partial charge on any atom is -0.462 e. The van der Waals surface area contributed by atoms with Gasteiger partial charge in [0.15, 0.2) is 6.10 Å². The number of hydrogen-bond donors (Lipinski definition) is 6. The maximum atomic E-state index is 12.8. The Morgan fingerprint density at radius 2 is 0.862 bits per heavy atom. The van der Waals surface area contributed by atoms with E-state index in [4.69, 9.17) is 18.5 Å². The first-order chi connectivity index (χ1) is 31.4. The molecule has 6 unspecified atom stereocenters. The van der Waals surface area contributed by atoms with Crippen LogP contribution in [0.3, 0.4) is 0 Å². The van der Waals surface area contributed by atoms with E-state index < -0.39 is 75.7 Å². The number of phosphoric ester groups is 1. The SMILES string of the molecule is CC/C=C\C/C=C\C/C=C\C/C=C\CCCCCCCCCCCCC(=O)OC(COC(=O)CC/C=C\C/C=C\C/C=C\C/C=C\CC)COP(=O)(O)OC1C(O)C(O)C(O)C(O)C1O. The first-order valence-corrected chi connectivity index (χ1v) is 25.5. The highest BCUT2D eigenvalue weighted by atomic mass is 31.2. The van der Waals surface area contributed by atoms with Crippen LogP contribution < -0.4 is 0 Å². The van der Waals surface area contributed by atoms with Crippen molar-refractivity contribution >= 4 is 19.8 Å².